The predicted molar refractivity (Wildman–Crippen MR) is 254 cm³/mol. The third kappa shape index (κ3) is 6.14. The Bertz CT molecular complexity index is 3630. The van der Waals surface area contributed by atoms with Crippen LogP contribution in [0.1, 0.15) is 0 Å². The quantitative estimate of drug-likeness (QED) is 0.161. The van der Waals surface area contributed by atoms with Crippen molar-refractivity contribution < 1.29 is 4.42 Å². The fraction of sp³-hybridized carbons (Fsp3) is 0. The number of fused-ring (bicyclic) bond motifs is 6. The maximum Gasteiger partial charge on any atom is 0.160 e. The van der Waals surface area contributed by atoms with Crippen LogP contribution in [0.2, 0.25) is 0 Å². The van der Waals surface area contributed by atoms with E-state index in [0.717, 1.165) is 111 Å². The van der Waals surface area contributed by atoms with Gasteiger partial charge >= 0.3 is 0 Å². The number of aromatic nitrogens is 4. The molecule has 0 fully saturated rings. The number of furan rings is 1. The van der Waals surface area contributed by atoms with Gasteiger partial charge in [0, 0.05) is 49.5 Å². The summed E-state index contributed by atoms with van der Waals surface area (Å²) in [5.74, 6) is 0.643. The standard InChI is InChI=1S/C57H36N4O/c1-4-16-37(17-5-1)49-36-50(43-24-14-23-40(32-43)41-30-31-48-47-28-12-13-29-52(47)62-53(48)35-41)59-57(58-49)45-26-15-25-44(33-45)54-55(39-20-8-3-9-21-39)60-61-51(38-18-6-2-7-19-38)34-42-22-10-11-27-46(42)56(54)61/h1-36H. The Morgan fingerprint density at radius 2 is 0.919 bits per heavy atom. The summed E-state index contributed by atoms with van der Waals surface area (Å²) in [6.07, 6.45) is 0. The second-order valence-electron chi connectivity index (χ2n) is 15.6. The fourth-order valence-corrected chi connectivity index (χ4v) is 8.83. The van der Waals surface area contributed by atoms with Gasteiger partial charge in [0.05, 0.1) is 22.6 Å². The molecule has 5 nitrogen and oxygen atoms in total. The highest BCUT2D eigenvalue weighted by Gasteiger charge is 2.22. The number of hydrogen-bond donors (Lipinski definition) is 0. The average molecular weight is 793 g/mol. The zero-order valence-corrected chi connectivity index (χ0v) is 33.5. The van der Waals surface area contributed by atoms with Gasteiger partial charge in [-0.05, 0) is 64.5 Å². The Hall–Kier alpha value is -8.41. The molecule has 5 heteroatoms. The third-order valence-corrected chi connectivity index (χ3v) is 11.8. The number of benzene rings is 8. The molecule has 0 aliphatic carbocycles. The van der Waals surface area contributed by atoms with Crippen LogP contribution in [-0.4, -0.2) is 19.6 Å². The molecule has 4 aromatic heterocycles. The van der Waals surface area contributed by atoms with Crippen molar-refractivity contribution in [3.63, 3.8) is 0 Å². The van der Waals surface area contributed by atoms with Gasteiger partial charge in [-0.1, -0.05) is 176 Å². The molecule has 0 aliphatic heterocycles. The molecular formula is C57H36N4O. The van der Waals surface area contributed by atoms with Crippen molar-refractivity contribution in [1.29, 1.82) is 0 Å². The lowest BCUT2D eigenvalue weighted by Crippen LogP contribution is -1.97. The van der Waals surface area contributed by atoms with Gasteiger partial charge in [0.25, 0.3) is 0 Å². The third-order valence-electron chi connectivity index (χ3n) is 11.8. The van der Waals surface area contributed by atoms with E-state index in [2.05, 4.69) is 199 Å². The minimum absolute atomic E-state index is 0.643. The van der Waals surface area contributed by atoms with Crippen LogP contribution in [0.5, 0.6) is 0 Å². The summed E-state index contributed by atoms with van der Waals surface area (Å²) in [5, 5.41) is 9.95. The Labute approximate surface area is 357 Å². The van der Waals surface area contributed by atoms with E-state index < -0.39 is 0 Å². The molecule has 8 aromatic carbocycles. The number of pyridine rings is 1. The van der Waals surface area contributed by atoms with Crippen LogP contribution in [0.25, 0.3) is 117 Å². The average Bonchev–Trinajstić information content (AvgIpc) is 3.94. The fourth-order valence-electron chi connectivity index (χ4n) is 8.83. The van der Waals surface area contributed by atoms with Crippen molar-refractivity contribution in [2.24, 2.45) is 0 Å². The van der Waals surface area contributed by atoms with Gasteiger partial charge in [0.15, 0.2) is 5.82 Å². The summed E-state index contributed by atoms with van der Waals surface area (Å²) in [5.41, 5.74) is 15.8. The van der Waals surface area contributed by atoms with Crippen LogP contribution in [0.3, 0.4) is 0 Å². The van der Waals surface area contributed by atoms with Gasteiger partial charge < -0.3 is 4.42 Å². The molecule has 0 amide bonds. The minimum atomic E-state index is 0.643. The predicted octanol–water partition coefficient (Wildman–Crippen LogP) is 14.8. The molecule has 290 valence electrons. The second kappa shape index (κ2) is 14.7. The van der Waals surface area contributed by atoms with E-state index in [0.29, 0.717) is 5.82 Å². The van der Waals surface area contributed by atoms with Crippen molar-refractivity contribution in [3.8, 4) is 78.7 Å². The topological polar surface area (TPSA) is 56.2 Å². The van der Waals surface area contributed by atoms with E-state index in [1.54, 1.807) is 0 Å². The first-order valence-corrected chi connectivity index (χ1v) is 20.8. The number of nitrogens with zero attached hydrogens (tertiary/aromatic N) is 4. The van der Waals surface area contributed by atoms with Gasteiger partial charge in [-0.2, -0.15) is 5.10 Å². The Kier molecular flexibility index (Phi) is 8.42. The molecule has 0 bridgehead atoms. The van der Waals surface area contributed by atoms with Crippen molar-refractivity contribution in [3.05, 3.63) is 218 Å². The molecule has 62 heavy (non-hydrogen) atoms. The maximum atomic E-state index is 6.27. The van der Waals surface area contributed by atoms with Crippen LogP contribution >= 0.6 is 0 Å². The molecule has 0 spiro atoms. The summed E-state index contributed by atoms with van der Waals surface area (Å²) < 4.78 is 8.40. The van der Waals surface area contributed by atoms with E-state index in [9.17, 15) is 0 Å². The van der Waals surface area contributed by atoms with Gasteiger partial charge in [-0.3, -0.25) is 0 Å². The SMILES string of the molecule is c1ccc(-c2cc(-c3cccc(-c4ccc5c(c4)oc4ccccc45)c3)nc(-c3cccc(-c4c(-c5ccccc5)nn5c(-c6ccccc6)cc6ccccc6c45)c3)n2)cc1. The number of hydrogen-bond acceptors (Lipinski definition) is 4. The summed E-state index contributed by atoms with van der Waals surface area (Å²) in [6, 6.07) is 76.1. The van der Waals surface area contributed by atoms with Crippen LogP contribution in [0, 0.1) is 0 Å². The lowest BCUT2D eigenvalue weighted by molar-refractivity contribution is 0.669. The highest BCUT2D eigenvalue weighted by Crippen LogP contribution is 2.42. The smallest absolute Gasteiger partial charge is 0.160 e. The summed E-state index contributed by atoms with van der Waals surface area (Å²) in [7, 11) is 0. The van der Waals surface area contributed by atoms with Gasteiger partial charge in [-0.15, -0.1) is 0 Å². The Balaban J connectivity index is 1.04. The van der Waals surface area contributed by atoms with Crippen LogP contribution < -0.4 is 0 Å². The second-order valence-corrected chi connectivity index (χ2v) is 15.6. The van der Waals surface area contributed by atoms with Crippen molar-refractivity contribution in [2.45, 2.75) is 0 Å². The molecule has 0 unspecified atom stereocenters. The molecule has 4 heterocycles. The highest BCUT2D eigenvalue weighted by molar-refractivity contribution is 6.09. The first kappa shape index (κ1) is 35.5. The largest absolute Gasteiger partial charge is 0.456 e. The lowest BCUT2D eigenvalue weighted by Gasteiger charge is -2.12. The Morgan fingerprint density at radius 1 is 0.355 bits per heavy atom. The number of para-hydroxylation sites is 1. The maximum absolute atomic E-state index is 6.27. The van der Waals surface area contributed by atoms with Crippen LogP contribution in [0.4, 0.5) is 0 Å². The van der Waals surface area contributed by atoms with E-state index in [-0.39, 0.29) is 0 Å². The number of rotatable bonds is 7. The van der Waals surface area contributed by atoms with Crippen LogP contribution in [0.15, 0.2) is 223 Å². The molecular weight excluding hydrogens is 757 g/mol. The molecule has 0 atom stereocenters. The normalized spacial score (nSPS) is 11.5. The molecule has 12 rings (SSSR count). The van der Waals surface area contributed by atoms with Crippen molar-refractivity contribution >= 4 is 38.2 Å². The lowest BCUT2D eigenvalue weighted by atomic mass is 9.95. The van der Waals surface area contributed by atoms with E-state index in [1.807, 2.05) is 24.3 Å². The molecule has 0 saturated heterocycles. The van der Waals surface area contributed by atoms with Crippen molar-refractivity contribution in [2.75, 3.05) is 0 Å². The zero-order valence-electron chi connectivity index (χ0n) is 33.5. The summed E-state index contributed by atoms with van der Waals surface area (Å²) in [4.78, 5) is 10.6. The molecule has 12 aromatic rings. The van der Waals surface area contributed by atoms with Crippen molar-refractivity contribution in [1.82, 2.24) is 19.6 Å². The van der Waals surface area contributed by atoms with Gasteiger partial charge in [0.2, 0.25) is 0 Å². The van der Waals surface area contributed by atoms with Crippen LogP contribution in [-0.2, 0) is 0 Å². The summed E-state index contributed by atoms with van der Waals surface area (Å²) in [6.45, 7) is 0. The van der Waals surface area contributed by atoms with E-state index >= 15 is 0 Å². The molecule has 0 aliphatic rings. The zero-order chi connectivity index (χ0) is 41.0. The van der Waals surface area contributed by atoms with Gasteiger partial charge in [-0.25, -0.2) is 14.5 Å². The molecule has 0 N–H and O–H groups in total. The monoisotopic (exact) mass is 792 g/mol. The first-order chi connectivity index (χ1) is 30.7. The Morgan fingerprint density at radius 3 is 1.71 bits per heavy atom. The molecule has 0 radical (unpaired) electrons. The van der Waals surface area contributed by atoms with E-state index in [4.69, 9.17) is 19.5 Å². The molecule has 0 saturated carbocycles. The van der Waals surface area contributed by atoms with E-state index in [1.165, 1.54) is 0 Å². The highest BCUT2D eigenvalue weighted by atomic mass is 16.3. The minimum Gasteiger partial charge on any atom is -0.456 e. The first-order valence-electron chi connectivity index (χ1n) is 20.8. The van der Waals surface area contributed by atoms with Gasteiger partial charge in [0.1, 0.15) is 16.9 Å². The summed E-state index contributed by atoms with van der Waals surface area (Å²) >= 11 is 0.